The molecule has 17 heavy (non-hydrogen) atoms. The van der Waals surface area contributed by atoms with Gasteiger partial charge < -0.3 is 5.73 Å². The molecule has 1 aromatic rings. The second-order valence-corrected chi connectivity index (χ2v) is 5.38. The van der Waals surface area contributed by atoms with Gasteiger partial charge in [-0.25, -0.2) is 0 Å². The highest BCUT2D eigenvalue weighted by Crippen LogP contribution is 2.26. The molecule has 1 saturated heterocycles. The van der Waals surface area contributed by atoms with Crippen molar-refractivity contribution in [3.63, 3.8) is 0 Å². The van der Waals surface area contributed by atoms with Gasteiger partial charge in [-0.1, -0.05) is 36.8 Å². The van der Waals surface area contributed by atoms with E-state index in [0.717, 1.165) is 12.5 Å². The third kappa shape index (κ3) is 3.08. The highest BCUT2D eigenvalue weighted by molar-refractivity contribution is 5.25. The molecule has 2 N–H and O–H groups in total. The number of likely N-dealkylation sites (tertiary alicyclic amines) is 1. The largest absolute Gasteiger partial charge is 0.329 e. The molecule has 0 unspecified atom stereocenters. The van der Waals surface area contributed by atoms with Crippen LogP contribution in [0.15, 0.2) is 24.3 Å². The van der Waals surface area contributed by atoms with Gasteiger partial charge >= 0.3 is 0 Å². The van der Waals surface area contributed by atoms with E-state index in [1.54, 1.807) is 0 Å². The lowest BCUT2D eigenvalue weighted by Crippen LogP contribution is -2.39. The first kappa shape index (κ1) is 12.6. The van der Waals surface area contributed by atoms with Gasteiger partial charge in [0.05, 0.1) is 0 Å². The number of benzene rings is 1. The molecule has 1 heterocycles. The van der Waals surface area contributed by atoms with Crippen molar-refractivity contribution in [2.24, 2.45) is 11.7 Å². The van der Waals surface area contributed by atoms with E-state index in [4.69, 9.17) is 5.73 Å². The summed E-state index contributed by atoms with van der Waals surface area (Å²) in [6.07, 6.45) is 2.62. The third-order valence-electron chi connectivity index (χ3n) is 3.91. The fraction of sp³-hybridized carbons (Fsp3) is 0.600. The molecular formula is C15H24N2. The van der Waals surface area contributed by atoms with Crippen LogP contribution in [0.4, 0.5) is 0 Å². The molecule has 0 spiro atoms. The van der Waals surface area contributed by atoms with Gasteiger partial charge in [0.1, 0.15) is 0 Å². The molecule has 0 bridgehead atoms. The zero-order valence-corrected chi connectivity index (χ0v) is 11.0. The number of aryl methyl sites for hydroxylation is 1. The summed E-state index contributed by atoms with van der Waals surface area (Å²) in [5.74, 6) is 0.877. The van der Waals surface area contributed by atoms with E-state index in [-0.39, 0.29) is 0 Å². The van der Waals surface area contributed by atoms with Crippen molar-refractivity contribution >= 4 is 0 Å². The summed E-state index contributed by atoms with van der Waals surface area (Å²) in [6.45, 7) is 7.60. The summed E-state index contributed by atoms with van der Waals surface area (Å²) >= 11 is 0. The number of nitrogens with two attached hydrogens (primary N) is 1. The van der Waals surface area contributed by atoms with Crippen molar-refractivity contribution in [1.82, 2.24) is 4.90 Å². The number of hydrogen-bond donors (Lipinski definition) is 1. The van der Waals surface area contributed by atoms with Crippen molar-refractivity contribution in [2.75, 3.05) is 19.6 Å². The summed E-state index contributed by atoms with van der Waals surface area (Å²) < 4.78 is 0. The molecule has 1 atom stereocenters. The minimum Gasteiger partial charge on any atom is -0.329 e. The highest BCUT2D eigenvalue weighted by atomic mass is 15.2. The lowest BCUT2D eigenvalue weighted by atomic mass is 9.95. The fourth-order valence-corrected chi connectivity index (χ4v) is 2.71. The highest BCUT2D eigenvalue weighted by Gasteiger charge is 2.23. The van der Waals surface area contributed by atoms with Gasteiger partial charge in [-0.3, -0.25) is 4.90 Å². The van der Waals surface area contributed by atoms with Crippen molar-refractivity contribution in [3.05, 3.63) is 35.4 Å². The monoisotopic (exact) mass is 232 g/mol. The average Bonchev–Trinajstić information content (AvgIpc) is 2.33. The lowest BCUT2D eigenvalue weighted by Gasteiger charge is -2.36. The molecule has 1 aliphatic heterocycles. The Morgan fingerprint density at radius 1 is 1.35 bits per heavy atom. The first-order valence-corrected chi connectivity index (χ1v) is 6.71. The maximum Gasteiger partial charge on any atom is 0.0470 e. The van der Waals surface area contributed by atoms with E-state index < -0.39 is 0 Å². The topological polar surface area (TPSA) is 29.3 Å². The molecule has 2 heteroatoms. The molecular weight excluding hydrogens is 208 g/mol. The summed E-state index contributed by atoms with van der Waals surface area (Å²) in [5, 5.41) is 0. The maximum absolute atomic E-state index is 5.98. The third-order valence-corrected chi connectivity index (χ3v) is 3.91. The summed E-state index contributed by atoms with van der Waals surface area (Å²) in [6, 6.07) is 9.18. The van der Waals surface area contributed by atoms with Crippen molar-refractivity contribution in [3.8, 4) is 0 Å². The van der Waals surface area contributed by atoms with E-state index in [1.165, 1.54) is 37.1 Å². The summed E-state index contributed by atoms with van der Waals surface area (Å²) in [7, 11) is 0. The standard InChI is InChI=1S/C15H24N2/c1-12-6-8-17(9-7-12)15(11-16)14-5-3-4-13(2)10-14/h3-5,10,12,15H,6-9,11,16H2,1-2H3/t15-/m1/s1. The summed E-state index contributed by atoms with van der Waals surface area (Å²) in [5.41, 5.74) is 8.68. The Balaban J connectivity index is 2.10. The normalized spacial score (nSPS) is 20.4. The quantitative estimate of drug-likeness (QED) is 0.868. The Morgan fingerprint density at radius 3 is 2.65 bits per heavy atom. The lowest BCUT2D eigenvalue weighted by molar-refractivity contribution is 0.141. The number of piperidine rings is 1. The second kappa shape index (κ2) is 5.65. The van der Waals surface area contributed by atoms with E-state index in [2.05, 4.69) is 43.0 Å². The van der Waals surface area contributed by atoms with E-state index in [1.807, 2.05) is 0 Å². The molecule has 1 aliphatic rings. The van der Waals surface area contributed by atoms with Gasteiger partial charge in [0.25, 0.3) is 0 Å². The summed E-state index contributed by atoms with van der Waals surface area (Å²) in [4.78, 5) is 2.55. The fourth-order valence-electron chi connectivity index (χ4n) is 2.71. The average molecular weight is 232 g/mol. The Kier molecular flexibility index (Phi) is 4.19. The van der Waals surface area contributed by atoms with Gasteiger partial charge in [0.2, 0.25) is 0 Å². The van der Waals surface area contributed by atoms with Crippen molar-refractivity contribution < 1.29 is 0 Å². The van der Waals surface area contributed by atoms with E-state index in [0.29, 0.717) is 6.04 Å². The number of hydrogen-bond acceptors (Lipinski definition) is 2. The predicted molar refractivity (Wildman–Crippen MR) is 72.9 cm³/mol. The maximum atomic E-state index is 5.98. The molecule has 1 fully saturated rings. The van der Waals surface area contributed by atoms with Crippen molar-refractivity contribution in [2.45, 2.75) is 32.7 Å². The Morgan fingerprint density at radius 2 is 2.06 bits per heavy atom. The van der Waals surface area contributed by atoms with Gasteiger partial charge in [-0.15, -0.1) is 0 Å². The van der Waals surface area contributed by atoms with E-state index >= 15 is 0 Å². The van der Waals surface area contributed by atoms with Gasteiger partial charge in [-0.05, 0) is 44.3 Å². The molecule has 0 aliphatic carbocycles. The smallest absolute Gasteiger partial charge is 0.0470 e. The van der Waals surface area contributed by atoms with Crippen LogP contribution in [0.2, 0.25) is 0 Å². The van der Waals surface area contributed by atoms with Crippen LogP contribution in [0.5, 0.6) is 0 Å². The first-order valence-electron chi connectivity index (χ1n) is 6.71. The SMILES string of the molecule is Cc1cccc([C@@H](CN)N2CCC(C)CC2)c1. The minimum atomic E-state index is 0.405. The van der Waals surface area contributed by atoms with Crippen LogP contribution in [0.1, 0.15) is 36.9 Å². The minimum absolute atomic E-state index is 0.405. The molecule has 0 radical (unpaired) electrons. The van der Waals surface area contributed by atoms with Crippen LogP contribution >= 0.6 is 0 Å². The number of nitrogens with zero attached hydrogens (tertiary/aromatic N) is 1. The molecule has 2 nitrogen and oxygen atoms in total. The van der Waals surface area contributed by atoms with Gasteiger partial charge in [0.15, 0.2) is 0 Å². The van der Waals surface area contributed by atoms with Crippen LogP contribution < -0.4 is 5.73 Å². The molecule has 2 rings (SSSR count). The van der Waals surface area contributed by atoms with Crippen LogP contribution in [0.3, 0.4) is 0 Å². The Labute approximate surface area is 105 Å². The van der Waals surface area contributed by atoms with Crippen LogP contribution in [-0.4, -0.2) is 24.5 Å². The van der Waals surface area contributed by atoms with E-state index in [9.17, 15) is 0 Å². The van der Waals surface area contributed by atoms with Crippen LogP contribution in [-0.2, 0) is 0 Å². The predicted octanol–water partition coefficient (Wildman–Crippen LogP) is 2.73. The molecule has 0 aromatic heterocycles. The molecule has 1 aromatic carbocycles. The number of rotatable bonds is 3. The zero-order chi connectivity index (χ0) is 12.3. The Hall–Kier alpha value is -0.860. The van der Waals surface area contributed by atoms with Crippen LogP contribution in [0.25, 0.3) is 0 Å². The second-order valence-electron chi connectivity index (χ2n) is 5.38. The van der Waals surface area contributed by atoms with Gasteiger partial charge in [-0.2, -0.15) is 0 Å². The zero-order valence-electron chi connectivity index (χ0n) is 11.0. The first-order chi connectivity index (χ1) is 8.20. The van der Waals surface area contributed by atoms with Crippen molar-refractivity contribution in [1.29, 1.82) is 0 Å². The van der Waals surface area contributed by atoms with Crippen LogP contribution in [0, 0.1) is 12.8 Å². The molecule has 94 valence electrons. The van der Waals surface area contributed by atoms with Gasteiger partial charge in [0, 0.05) is 12.6 Å². The molecule has 0 saturated carbocycles. The Bertz CT molecular complexity index is 354. The molecule has 0 amide bonds.